The van der Waals surface area contributed by atoms with Crippen LogP contribution in [0.4, 0.5) is 0 Å². The number of halogens is 1. The Balaban J connectivity index is 2.68. The van der Waals surface area contributed by atoms with Crippen molar-refractivity contribution in [3.05, 3.63) is 28.8 Å². The van der Waals surface area contributed by atoms with Crippen molar-refractivity contribution in [2.75, 3.05) is 6.61 Å². The highest BCUT2D eigenvalue weighted by Crippen LogP contribution is 2.24. The van der Waals surface area contributed by atoms with Gasteiger partial charge in [0.2, 0.25) is 0 Å². The quantitative estimate of drug-likeness (QED) is 0.826. The summed E-state index contributed by atoms with van der Waals surface area (Å²) in [6.07, 6.45) is 2.27. The standard InChI is InChI=1S/C13H20ClNO/c1-3-10(4-2)9-16-13-7-12(14)6-5-11(13)8-15/h5-7,10H,3-4,8-9,15H2,1-2H3. The third kappa shape index (κ3) is 3.69. The van der Waals surface area contributed by atoms with Crippen LogP contribution in [-0.2, 0) is 6.54 Å². The van der Waals surface area contributed by atoms with Crippen LogP contribution >= 0.6 is 11.6 Å². The first-order chi connectivity index (χ1) is 7.71. The number of benzene rings is 1. The minimum absolute atomic E-state index is 0.482. The normalized spacial score (nSPS) is 10.8. The second-order valence-corrected chi connectivity index (χ2v) is 4.39. The zero-order chi connectivity index (χ0) is 12.0. The minimum atomic E-state index is 0.482. The molecular formula is C13H20ClNO. The molecule has 2 N–H and O–H groups in total. The maximum atomic E-state index is 5.94. The molecule has 0 amide bonds. The van der Waals surface area contributed by atoms with Gasteiger partial charge in [0.15, 0.2) is 0 Å². The van der Waals surface area contributed by atoms with E-state index in [0.717, 1.165) is 30.8 Å². The van der Waals surface area contributed by atoms with Crippen molar-refractivity contribution >= 4 is 11.6 Å². The Bertz CT molecular complexity index is 324. The Labute approximate surface area is 103 Å². The second-order valence-electron chi connectivity index (χ2n) is 3.95. The van der Waals surface area contributed by atoms with Gasteiger partial charge < -0.3 is 10.5 Å². The topological polar surface area (TPSA) is 35.2 Å². The van der Waals surface area contributed by atoms with Gasteiger partial charge in [-0.3, -0.25) is 0 Å². The van der Waals surface area contributed by atoms with Crippen LogP contribution in [0.3, 0.4) is 0 Å². The zero-order valence-electron chi connectivity index (χ0n) is 10.0. The molecule has 0 heterocycles. The van der Waals surface area contributed by atoms with Gasteiger partial charge in [-0.25, -0.2) is 0 Å². The maximum Gasteiger partial charge on any atom is 0.125 e. The van der Waals surface area contributed by atoms with Gasteiger partial charge in [-0.1, -0.05) is 44.4 Å². The van der Waals surface area contributed by atoms with E-state index in [0.29, 0.717) is 17.5 Å². The van der Waals surface area contributed by atoms with Gasteiger partial charge in [0.25, 0.3) is 0 Å². The van der Waals surface area contributed by atoms with Crippen molar-refractivity contribution in [3.63, 3.8) is 0 Å². The van der Waals surface area contributed by atoms with E-state index in [4.69, 9.17) is 22.1 Å². The van der Waals surface area contributed by atoms with Crippen molar-refractivity contribution in [1.82, 2.24) is 0 Å². The monoisotopic (exact) mass is 241 g/mol. The zero-order valence-corrected chi connectivity index (χ0v) is 10.8. The molecule has 0 aliphatic rings. The predicted octanol–water partition coefficient (Wildman–Crippen LogP) is 3.61. The average molecular weight is 242 g/mol. The molecule has 0 fully saturated rings. The molecule has 0 aliphatic carbocycles. The van der Waals surface area contributed by atoms with Crippen LogP contribution in [-0.4, -0.2) is 6.61 Å². The molecule has 0 unspecified atom stereocenters. The van der Waals surface area contributed by atoms with E-state index in [1.165, 1.54) is 0 Å². The molecule has 0 saturated heterocycles. The largest absolute Gasteiger partial charge is 0.493 e. The van der Waals surface area contributed by atoms with Crippen LogP contribution in [0.2, 0.25) is 5.02 Å². The van der Waals surface area contributed by atoms with Gasteiger partial charge in [-0.15, -0.1) is 0 Å². The van der Waals surface area contributed by atoms with Gasteiger partial charge in [0, 0.05) is 17.1 Å². The SMILES string of the molecule is CCC(CC)COc1cc(Cl)ccc1CN. The summed E-state index contributed by atoms with van der Waals surface area (Å²) in [6.45, 7) is 5.58. The molecule has 0 aliphatic heterocycles. The molecule has 1 aromatic rings. The number of ether oxygens (including phenoxy) is 1. The first-order valence-electron chi connectivity index (χ1n) is 5.82. The lowest BCUT2D eigenvalue weighted by Crippen LogP contribution is -2.11. The van der Waals surface area contributed by atoms with E-state index < -0.39 is 0 Å². The van der Waals surface area contributed by atoms with Gasteiger partial charge in [0.1, 0.15) is 5.75 Å². The van der Waals surface area contributed by atoms with Gasteiger partial charge in [-0.05, 0) is 18.1 Å². The lowest BCUT2D eigenvalue weighted by Gasteiger charge is -2.16. The van der Waals surface area contributed by atoms with Crippen LogP contribution in [0.15, 0.2) is 18.2 Å². The van der Waals surface area contributed by atoms with Crippen molar-refractivity contribution in [2.24, 2.45) is 11.7 Å². The first-order valence-corrected chi connectivity index (χ1v) is 6.20. The Morgan fingerprint density at radius 3 is 2.56 bits per heavy atom. The number of rotatable bonds is 6. The van der Waals surface area contributed by atoms with Crippen LogP contribution in [0.1, 0.15) is 32.3 Å². The molecule has 0 saturated carbocycles. The molecule has 0 aromatic heterocycles. The molecule has 90 valence electrons. The van der Waals surface area contributed by atoms with Gasteiger partial charge in [0.05, 0.1) is 6.61 Å². The smallest absolute Gasteiger partial charge is 0.125 e. The maximum absolute atomic E-state index is 5.94. The summed E-state index contributed by atoms with van der Waals surface area (Å²) in [4.78, 5) is 0. The summed E-state index contributed by atoms with van der Waals surface area (Å²) in [5, 5.41) is 0.691. The molecule has 1 rings (SSSR count). The molecule has 16 heavy (non-hydrogen) atoms. The number of hydrogen-bond donors (Lipinski definition) is 1. The predicted molar refractivity (Wildman–Crippen MR) is 68.9 cm³/mol. The fraction of sp³-hybridized carbons (Fsp3) is 0.538. The van der Waals surface area contributed by atoms with Gasteiger partial charge in [-0.2, -0.15) is 0 Å². The molecular weight excluding hydrogens is 222 g/mol. The molecule has 3 heteroatoms. The highest BCUT2D eigenvalue weighted by atomic mass is 35.5. The summed E-state index contributed by atoms with van der Waals surface area (Å²) in [5.74, 6) is 1.42. The molecule has 0 radical (unpaired) electrons. The molecule has 0 spiro atoms. The van der Waals surface area contributed by atoms with E-state index >= 15 is 0 Å². The fourth-order valence-corrected chi connectivity index (χ4v) is 1.73. The molecule has 1 aromatic carbocycles. The van der Waals surface area contributed by atoms with Crippen molar-refractivity contribution in [1.29, 1.82) is 0 Å². The number of hydrogen-bond acceptors (Lipinski definition) is 2. The molecule has 2 nitrogen and oxygen atoms in total. The summed E-state index contributed by atoms with van der Waals surface area (Å²) in [6, 6.07) is 5.60. The Kier molecular flexibility index (Phi) is 5.64. The van der Waals surface area contributed by atoms with E-state index in [9.17, 15) is 0 Å². The first kappa shape index (κ1) is 13.3. The number of nitrogens with two attached hydrogens (primary N) is 1. The lowest BCUT2D eigenvalue weighted by atomic mass is 10.1. The fourth-order valence-electron chi connectivity index (χ4n) is 1.56. The van der Waals surface area contributed by atoms with Crippen molar-refractivity contribution in [3.8, 4) is 5.75 Å². The van der Waals surface area contributed by atoms with Crippen LogP contribution in [0, 0.1) is 5.92 Å². The summed E-state index contributed by atoms with van der Waals surface area (Å²) < 4.78 is 5.79. The minimum Gasteiger partial charge on any atom is -0.493 e. The Hall–Kier alpha value is -0.730. The lowest BCUT2D eigenvalue weighted by molar-refractivity contribution is 0.238. The van der Waals surface area contributed by atoms with Crippen molar-refractivity contribution in [2.45, 2.75) is 33.2 Å². The Morgan fingerprint density at radius 1 is 1.31 bits per heavy atom. The van der Waals surface area contributed by atoms with E-state index in [1.54, 1.807) is 0 Å². The summed E-state index contributed by atoms with van der Waals surface area (Å²) in [7, 11) is 0. The third-order valence-electron chi connectivity index (χ3n) is 2.88. The van der Waals surface area contributed by atoms with E-state index in [1.807, 2.05) is 18.2 Å². The molecule has 0 bridgehead atoms. The van der Waals surface area contributed by atoms with Gasteiger partial charge >= 0.3 is 0 Å². The summed E-state index contributed by atoms with van der Waals surface area (Å²) in [5.41, 5.74) is 6.66. The highest BCUT2D eigenvalue weighted by Gasteiger charge is 2.07. The highest BCUT2D eigenvalue weighted by molar-refractivity contribution is 6.30. The third-order valence-corrected chi connectivity index (χ3v) is 3.11. The van der Waals surface area contributed by atoms with E-state index in [-0.39, 0.29) is 0 Å². The summed E-state index contributed by atoms with van der Waals surface area (Å²) >= 11 is 5.94. The average Bonchev–Trinajstić information content (AvgIpc) is 2.30. The van der Waals surface area contributed by atoms with Crippen molar-refractivity contribution < 1.29 is 4.74 Å². The van der Waals surface area contributed by atoms with Crippen LogP contribution < -0.4 is 10.5 Å². The van der Waals surface area contributed by atoms with Crippen LogP contribution in [0.5, 0.6) is 5.75 Å². The molecule has 0 atom stereocenters. The Morgan fingerprint density at radius 2 is 2.00 bits per heavy atom. The van der Waals surface area contributed by atoms with Crippen LogP contribution in [0.25, 0.3) is 0 Å². The second kappa shape index (κ2) is 6.77. The van der Waals surface area contributed by atoms with E-state index in [2.05, 4.69) is 13.8 Å².